The molecule has 1 amide bonds. The summed E-state index contributed by atoms with van der Waals surface area (Å²) in [5, 5.41) is 18.8. The van der Waals surface area contributed by atoms with Crippen LogP contribution >= 0.6 is 34.0 Å². The summed E-state index contributed by atoms with van der Waals surface area (Å²) >= 11 is 4.59. The Morgan fingerprint density at radius 1 is 1.07 bits per heavy atom. The van der Waals surface area contributed by atoms with Crippen molar-refractivity contribution in [2.45, 2.75) is 32.5 Å². The summed E-state index contributed by atoms with van der Waals surface area (Å²) in [4.78, 5) is 29.8. The average Bonchev–Trinajstić information content (AvgIpc) is 3.79. The van der Waals surface area contributed by atoms with Gasteiger partial charge in [-0.2, -0.15) is 5.10 Å². The van der Waals surface area contributed by atoms with Crippen molar-refractivity contribution in [2.75, 3.05) is 20.2 Å². The topological polar surface area (TPSA) is 115 Å². The summed E-state index contributed by atoms with van der Waals surface area (Å²) in [5.74, 6) is 1.33. The van der Waals surface area contributed by atoms with E-state index in [2.05, 4.69) is 5.10 Å². The molecule has 0 atom stereocenters. The SMILES string of the molecule is COc1cc(OCc2csc(-c3ccc(C(=O)N4CCC(O)CC4)cc3)n2)c2sc(-c3cn4nc(C)sc4n3)nc2c1. The quantitative estimate of drug-likeness (QED) is 0.243. The average molecular weight is 619 g/mol. The Bertz CT molecular complexity index is 1870. The highest BCUT2D eigenvalue weighted by molar-refractivity contribution is 7.22. The molecular formula is C29H26N6O4S3. The normalized spacial score (nSPS) is 14.2. The van der Waals surface area contributed by atoms with Crippen LogP contribution < -0.4 is 9.47 Å². The van der Waals surface area contributed by atoms with Gasteiger partial charge in [0.2, 0.25) is 4.96 Å². The number of piperidine rings is 1. The van der Waals surface area contributed by atoms with E-state index >= 15 is 0 Å². The van der Waals surface area contributed by atoms with Crippen molar-refractivity contribution < 1.29 is 19.4 Å². The minimum Gasteiger partial charge on any atom is -0.497 e. The second-order valence-corrected chi connectivity index (χ2v) is 13.0. The first-order chi connectivity index (χ1) is 20.4. The van der Waals surface area contributed by atoms with E-state index < -0.39 is 0 Å². The predicted octanol–water partition coefficient (Wildman–Crippen LogP) is 5.68. The first kappa shape index (κ1) is 27.0. The molecule has 0 aliphatic carbocycles. The van der Waals surface area contributed by atoms with Crippen LogP contribution in [0, 0.1) is 6.92 Å². The first-order valence-corrected chi connectivity index (χ1v) is 15.9. The number of methoxy groups -OCH3 is 1. The second-order valence-electron chi connectivity index (χ2n) is 10.0. The molecule has 13 heteroatoms. The van der Waals surface area contributed by atoms with Gasteiger partial charge in [0.1, 0.15) is 38.8 Å². The lowest BCUT2D eigenvalue weighted by molar-refractivity contribution is 0.0546. The Morgan fingerprint density at radius 3 is 2.64 bits per heavy atom. The molecule has 1 saturated heterocycles. The highest BCUT2D eigenvalue weighted by Crippen LogP contribution is 2.39. The van der Waals surface area contributed by atoms with Crippen molar-refractivity contribution in [2.24, 2.45) is 0 Å². The standard InChI is InChI=1S/C29H26N6O4S3/c1-16-33-35-13-23(32-29(35)41-16)27-31-22-11-21(38-2)12-24(25(22)42-27)39-14-19-15-40-26(30-19)17-3-5-18(6-4-17)28(37)34-9-7-20(36)8-10-34/h3-6,11-13,15,20,36H,7-10,14H2,1-2H3. The molecule has 2 aromatic carbocycles. The van der Waals surface area contributed by atoms with Crippen LogP contribution in [0.5, 0.6) is 11.5 Å². The number of aryl methyl sites for hydroxylation is 1. The molecule has 1 fully saturated rings. The molecule has 1 aliphatic heterocycles. The lowest BCUT2D eigenvalue weighted by Gasteiger charge is -2.29. The van der Waals surface area contributed by atoms with Gasteiger partial charge in [-0.05, 0) is 31.9 Å². The number of imidazole rings is 1. The van der Waals surface area contributed by atoms with Crippen molar-refractivity contribution in [1.29, 1.82) is 0 Å². The number of aromatic nitrogens is 5. The number of likely N-dealkylation sites (tertiary alicyclic amines) is 1. The fraction of sp³-hybridized carbons (Fsp3) is 0.276. The van der Waals surface area contributed by atoms with E-state index in [1.807, 2.05) is 54.9 Å². The van der Waals surface area contributed by atoms with Gasteiger partial charge in [-0.1, -0.05) is 23.5 Å². The first-order valence-electron chi connectivity index (χ1n) is 13.4. The molecule has 214 valence electrons. The van der Waals surface area contributed by atoms with Gasteiger partial charge in [0.25, 0.3) is 5.91 Å². The molecule has 4 aromatic heterocycles. The minimum atomic E-state index is -0.309. The Morgan fingerprint density at radius 2 is 1.88 bits per heavy atom. The summed E-state index contributed by atoms with van der Waals surface area (Å²) in [6, 6.07) is 11.3. The van der Waals surface area contributed by atoms with Crippen molar-refractivity contribution in [3.63, 3.8) is 0 Å². The number of amides is 1. The second kappa shape index (κ2) is 11.1. The van der Waals surface area contributed by atoms with E-state index in [4.69, 9.17) is 24.4 Å². The number of benzene rings is 2. The molecule has 5 heterocycles. The van der Waals surface area contributed by atoms with Crippen molar-refractivity contribution in [1.82, 2.24) is 29.5 Å². The van der Waals surface area contributed by atoms with Gasteiger partial charge in [0, 0.05) is 41.7 Å². The van der Waals surface area contributed by atoms with Crippen molar-refractivity contribution >= 4 is 55.1 Å². The summed E-state index contributed by atoms with van der Waals surface area (Å²) in [7, 11) is 1.62. The molecule has 10 nitrogen and oxygen atoms in total. The van der Waals surface area contributed by atoms with E-state index in [9.17, 15) is 9.90 Å². The van der Waals surface area contributed by atoms with Gasteiger partial charge < -0.3 is 19.5 Å². The number of thiazole rings is 2. The summed E-state index contributed by atoms with van der Waals surface area (Å²) in [5.41, 5.74) is 3.93. The number of rotatable bonds is 7. The number of aliphatic hydroxyl groups is 1. The van der Waals surface area contributed by atoms with Gasteiger partial charge in [0.05, 0.1) is 35.3 Å². The highest BCUT2D eigenvalue weighted by Gasteiger charge is 2.22. The fourth-order valence-electron chi connectivity index (χ4n) is 4.88. The summed E-state index contributed by atoms with van der Waals surface area (Å²) < 4.78 is 14.5. The van der Waals surface area contributed by atoms with E-state index in [0.717, 1.165) is 47.2 Å². The molecule has 1 N–H and O–H groups in total. The van der Waals surface area contributed by atoms with Crippen LogP contribution in [0.15, 0.2) is 48.0 Å². The largest absolute Gasteiger partial charge is 0.497 e. The molecule has 1 aliphatic rings. The maximum absolute atomic E-state index is 12.8. The van der Waals surface area contributed by atoms with E-state index in [-0.39, 0.29) is 18.6 Å². The third-order valence-electron chi connectivity index (χ3n) is 7.09. The van der Waals surface area contributed by atoms with Gasteiger partial charge in [0.15, 0.2) is 0 Å². The highest BCUT2D eigenvalue weighted by atomic mass is 32.1. The zero-order valence-electron chi connectivity index (χ0n) is 22.8. The van der Waals surface area contributed by atoms with Crippen LogP contribution in [-0.2, 0) is 6.61 Å². The molecule has 7 rings (SSSR count). The number of hydrogen-bond donors (Lipinski definition) is 1. The predicted molar refractivity (Wildman–Crippen MR) is 164 cm³/mol. The van der Waals surface area contributed by atoms with Crippen LogP contribution in [0.2, 0.25) is 0 Å². The van der Waals surface area contributed by atoms with Crippen LogP contribution in [0.25, 0.3) is 36.5 Å². The van der Waals surface area contributed by atoms with Crippen LogP contribution in [0.3, 0.4) is 0 Å². The lowest BCUT2D eigenvalue weighted by Crippen LogP contribution is -2.40. The van der Waals surface area contributed by atoms with Crippen LogP contribution in [0.1, 0.15) is 33.9 Å². The Balaban J connectivity index is 1.07. The number of hydrogen-bond acceptors (Lipinski definition) is 11. The maximum atomic E-state index is 12.8. The van der Waals surface area contributed by atoms with E-state index in [1.165, 1.54) is 34.0 Å². The number of ether oxygens (including phenoxy) is 2. The molecule has 0 radical (unpaired) electrons. The van der Waals surface area contributed by atoms with Gasteiger partial charge in [-0.3, -0.25) is 4.79 Å². The monoisotopic (exact) mass is 618 g/mol. The van der Waals surface area contributed by atoms with E-state index in [0.29, 0.717) is 43.0 Å². The van der Waals surface area contributed by atoms with Crippen LogP contribution in [0.4, 0.5) is 0 Å². The number of nitrogens with zero attached hydrogens (tertiary/aromatic N) is 6. The third-order valence-corrected chi connectivity index (χ3v) is 9.97. The zero-order chi connectivity index (χ0) is 28.8. The number of fused-ring (bicyclic) bond motifs is 2. The van der Waals surface area contributed by atoms with Crippen molar-refractivity contribution in [3.8, 4) is 32.8 Å². The molecule has 0 saturated carbocycles. The third kappa shape index (κ3) is 5.24. The molecule has 0 spiro atoms. The number of carbonyl (C=O) groups is 1. The minimum absolute atomic E-state index is 0.00277. The number of aliphatic hydroxyl groups excluding tert-OH is 1. The van der Waals surface area contributed by atoms with Gasteiger partial charge >= 0.3 is 0 Å². The van der Waals surface area contributed by atoms with Gasteiger partial charge in [-0.15, -0.1) is 22.7 Å². The zero-order valence-corrected chi connectivity index (χ0v) is 25.3. The molecule has 42 heavy (non-hydrogen) atoms. The number of carbonyl (C=O) groups excluding carboxylic acids is 1. The van der Waals surface area contributed by atoms with Crippen LogP contribution in [-0.4, -0.2) is 66.8 Å². The smallest absolute Gasteiger partial charge is 0.253 e. The lowest BCUT2D eigenvalue weighted by atomic mass is 10.1. The fourth-order valence-corrected chi connectivity index (χ4v) is 7.38. The Hall–Kier alpha value is -3.91. The summed E-state index contributed by atoms with van der Waals surface area (Å²) in [6.07, 6.45) is 2.84. The van der Waals surface area contributed by atoms with Crippen molar-refractivity contribution in [3.05, 3.63) is 64.2 Å². The Labute approximate surface area is 252 Å². The molecule has 0 unspecified atom stereocenters. The molecular weight excluding hydrogens is 593 g/mol. The molecule has 6 aromatic rings. The van der Waals surface area contributed by atoms with E-state index in [1.54, 1.807) is 16.5 Å². The maximum Gasteiger partial charge on any atom is 0.253 e. The Kier molecular flexibility index (Phi) is 7.10. The van der Waals surface area contributed by atoms with Gasteiger partial charge in [-0.25, -0.2) is 19.5 Å². The molecule has 0 bridgehead atoms. The summed E-state index contributed by atoms with van der Waals surface area (Å²) in [6.45, 7) is 3.41.